The van der Waals surface area contributed by atoms with Crippen LogP contribution in [-0.4, -0.2) is 23.1 Å². The number of rotatable bonds is 5. The summed E-state index contributed by atoms with van der Waals surface area (Å²) in [6.07, 6.45) is 0.634. The summed E-state index contributed by atoms with van der Waals surface area (Å²) in [4.78, 5) is 22.9. The first-order valence-electron chi connectivity index (χ1n) is 6.10. The van der Waals surface area contributed by atoms with Crippen LogP contribution < -0.4 is 10.6 Å². The van der Waals surface area contributed by atoms with Crippen LogP contribution in [0.5, 0.6) is 0 Å². The molecule has 0 aliphatic carbocycles. The largest absolute Gasteiger partial charge is 0.480 e. The molecule has 0 heterocycles. The minimum Gasteiger partial charge on any atom is -0.480 e. The van der Waals surface area contributed by atoms with Crippen LogP contribution in [0.2, 0.25) is 10.0 Å². The highest BCUT2D eigenvalue weighted by Gasteiger charge is 2.25. The van der Waals surface area contributed by atoms with Gasteiger partial charge in [0.1, 0.15) is 6.04 Å². The summed E-state index contributed by atoms with van der Waals surface area (Å²) in [6.45, 7) is 3.61. The number of hydrogen-bond donors (Lipinski definition) is 3. The van der Waals surface area contributed by atoms with Crippen molar-refractivity contribution in [3.8, 4) is 0 Å². The molecule has 1 rings (SSSR count). The number of benzene rings is 1. The average Bonchev–Trinajstić information content (AvgIpc) is 2.39. The Morgan fingerprint density at radius 1 is 1.35 bits per heavy atom. The molecule has 2 atom stereocenters. The Morgan fingerprint density at radius 3 is 2.55 bits per heavy atom. The van der Waals surface area contributed by atoms with Gasteiger partial charge in [-0.15, -0.1) is 0 Å². The van der Waals surface area contributed by atoms with Crippen LogP contribution in [0.3, 0.4) is 0 Å². The lowest BCUT2D eigenvalue weighted by Crippen LogP contribution is -2.46. The van der Waals surface area contributed by atoms with E-state index in [1.165, 1.54) is 6.07 Å². The number of urea groups is 1. The second kappa shape index (κ2) is 7.36. The number of hydrogen-bond acceptors (Lipinski definition) is 2. The van der Waals surface area contributed by atoms with E-state index in [1.807, 2.05) is 6.92 Å². The fourth-order valence-corrected chi connectivity index (χ4v) is 1.91. The number of nitrogens with one attached hydrogen (secondary N) is 2. The van der Waals surface area contributed by atoms with Crippen LogP contribution in [0.1, 0.15) is 20.3 Å². The van der Waals surface area contributed by atoms with E-state index in [0.717, 1.165) is 0 Å². The first-order valence-corrected chi connectivity index (χ1v) is 6.86. The predicted octanol–water partition coefficient (Wildman–Crippen LogP) is 3.61. The molecular weight excluding hydrogens is 303 g/mol. The monoisotopic (exact) mass is 318 g/mol. The molecule has 0 unspecified atom stereocenters. The molecular formula is C13H16Cl2N2O3. The Bertz CT molecular complexity index is 508. The number of anilines is 1. The summed E-state index contributed by atoms with van der Waals surface area (Å²) in [5.41, 5.74) is 0.324. The van der Waals surface area contributed by atoms with E-state index in [2.05, 4.69) is 10.6 Å². The van der Waals surface area contributed by atoms with Gasteiger partial charge in [0.2, 0.25) is 0 Å². The van der Waals surface area contributed by atoms with Gasteiger partial charge in [-0.1, -0.05) is 43.5 Å². The number of aliphatic carboxylic acids is 1. The highest BCUT2D eigenvalue weighted by atomic mass is 35.5. The summed E-state index contributed by atoms with van der Waals surface area (Å²) in [6, 6.07) is 3.03. The zero-order valence-corrected chi connectivity index (χ0v) is 12.6. The van der Waals surface area contributed by atoms with Gasteiger partial charge in [-0.3, -0.25) is 0 Å². The molecule has 1 aromatic rings. The minimum atomic E-state index is -1.08. The Kier molecular flexibility index (Phi) is 6.10. The van der Waals surface area contributed by atoms with Crippen molar-refractivity contribution in [3.63, 3.8) is 0 Å². The highest BCUT2D eigenvalue weighted by Crippen LogP contribution is 2.25. The maximum Gasteiger partial charge on any atom is 0.326 e. The zero-order chi connectivity index (χ0) is 15.3. The van der Waals surface area contributed by atoms with Crippen molar-refractivity contribution in [2.24, 2.45) is 5.92 Å². The standard InChI is InChI=1S/C13H16Cl2N2O3/c1-3-7(2)11(12(18)19)17-13(20)16-10-6-8(14)4-5-9(10)15/h4-7,11H,3H2,1-2H3,(H,18,19)(H2,16,17,20)/t7-,11-/m0/s1. The first kappa shape index (κ1) is 16.6. The fourth-order valence-electron chi connectivity index (χ4n) is 1.58. The predicted molar refractivity (Wildman–Crippen MR) is 79.5 cm³/mol. The molecule has 0 saturated heterocycles. The van der Waals surface area contributed by atoms with Crippen LogP contribution in [0.4, 0.5) is 10.5 Å². The minimum absolute atomic E-state index is 0.187. The van der Waals surface area contributed by atoms with Gasteiger partial charge in [0.05, 0.1) is 10.7 Å². The fraction of sp³-hybridized carbons (Fsp3) is 0.385. The number of carboxylic acids is 1. The van der Waals surface area contributed by atoms with E-state index in [0.29, 0.717) is 22.2 Å². The van der Waals surface area contributed by atoms with Gasteiger partial charge < -0.3 is 15.7 Å². The summed E-state index contributed by atoms with van der Waals surface area (Å²) in [5.74, 6) is -1.26. The van der Waals surface area contributed by atoms with E-state index >= 15 is 0 Å². The molecule has 0 saturated carbocycles. The lowest BCUT2D eigenvalue weighted by molar-refractivity contribution is -0.140. The van der Waals surface area contributed by atoms with Crippen molar-refractivity contribution in [3.05, 3.63) is 28.2 Å². The van der Waals surface area contributed by atoms with Crippen molar-refractivity contribution < 1.29 is 14.7 Å². The van der Waals surface area contributed by atoms with Gasteiger partial charge in [-0.05, 0) is 24.1 Å². The third kappa shape index (κ3) is 4.58. The van der Waals surface area contributed by atoms with Crippen molar-refractivity contribution in [2.45, 2.75) is 26.3 Å². The van der Waals surface area contributed by atoms with Crippen LogP contribution >= 0.6 is 23.2 Å². The summed E-state index contributed by atoms with van der Waals surface area (Å²) < 4.78 is 0. The number of carbonyl (C=O) groups excluding carboxylic acids is 1. The second-order valence-corrected chi connectivity index (χ2v) is 5.27. The molecule has 110 valence electrons. The number of carboxylic acid groups (broad SMARTS) is 1. The van der Waals surface area contributed by atoms with E-state index in [4.69, 9.17) is 28.3 Å². The maximum atomic E-state index is 11.8. The van der Waals surface area contributed by atoms with Crippen molar-refractivity contribution in [1.82, 2.24) is 5.32 Å². The summed E-state index contributed by atoms with van der Waals surface area (Å²) >= 11 is 11.7. The van der Waals surface area contributed by atoms with Gasteiger partial charge in [-0.25, -0.2) is 9.59 Å². The van der Waals surface area contributed by atoms with Crippen molar-refractivity contribution in [2.75, 3.05) is 5.32 Å². The van der Waals surface area contributed by atoms with E-state index < -0.39 is 18.0 Å². The first-order chi connectivity index (χ1) is 9.35. The number of amides is 2. The Balaban J connectivity index is 2.75. The molecule has 5 nitrogen and oxygen atoms in total. The number of carbonyl (C=O) groups is 2. The van der Waals surface area contributed by atoms with Crippen LogP contribution in [0.25, 0.3) is 0 Å². The lowest BCUT2D eigenvalue weighted by atomic mass is 9.99. The Morgan fingerprint density at radius 2 is 2.00 bits per heavy atom. The van der Waals surface area contributed by atoms with E-state index in [-0.39, 0.29) is 5.92 Å². The third-order valence-electron chi connectivity index (χ3n) is 2.94. The molecule has 0 spiro atoms. The molecule has 20 heavy (non-hydrogen) atoms. The lowest BCUT2D eigenvalue weighted by Gasteiger charge is -2.20. The quantitative estimate of drug-likeness (QED) is 0.775. The normalized spacial score (nSPS) is 13.4. The molecule has 0 aliphatic rings. The van der Waals surface area contributed by atoms with Gasteiger partial charge in [0, 0.05) is 5.02 Å². The maximum absolute atomic E-state index is 11.8. The number of halogens is 2. The highest BCUT2D eigenvalue weighted by molar-refractivity contribution is 6.35. The van der Waals surface area contributed by atoms with Gasteiger partial charge in [-0.2, -0.15) is 0 Å². The SMILES string of the molecule is CC[C@H](C)[C@H](NC(=O)Nc1cc(Cl)ccc1Cl)C(=O)O. The summed E-state index contributed by atoms with van der Waals surface area (Å²) in [5, 5.41) is 14.7. The zero-order valence-electron chi connectivity index (χ0n) is 11.1. The molecule has 0 aliphatic heterocycles. The molecule has 2 amide bonds. The molecule has 0 aromatic heterocycles. The molecule has 7 heteroatoms. The van der Waals surface area contributed by atoms with E-state index in [1.54, 1.807) is 19.1 Å². The molecule has 3 N–H and O–H groups in total. The smallest absolute Gasteiger partial charge is 0.326 e. The molecule has 0 fully saturated rings. The van der Waals surface area contributed by atoms with Crippen molar-refractivity contribution >= 4 is 40.9 Å². The summed E-state index contributed by atoms with van der Waals surface area (Å²) in [7, 11) is 0. The molecule has 0 bridgehead atoms. The van der Waals surface area contributed by atoms with Crippen LogP contribution in [0, 0.1) is 5.92 Å². The van der Waals surface area contributed by atoms with Crippen LogP contribution in [0.15, 0.2) is 18.2 Å². The Labute approximate surface area is 127 Å². The van der Waals surface area contributed by atoms with Crippen molar-refractivity contribution in [1.29, 1.82) is 0 Å². The average molecular weight is 319 g/mol. The third-order valence-corrected chi connectivity index (χ3v) is 3.51. The van der Waals surface area contributed by atoms with E-state index in [9.17, 15) is 9.59 Å². The molecule has 1 aromatic carbocycles. The second-order valence-electron chi connectivity index (χ2n) is 4.42. The molecule has 0 radical (unpaired) electrons. The Hall–Kier alpha value is -1.46. The van der Waals surface area contributed by atoms with Gasteiger partial charge >= 0.3 is 12.0 Å². The van der Waals surface area contributed by atoms with Gasteiger partial charge in [0.25, 0.3) is 0 Å². The topological polar surface area (TPSA) is 78.4 Å². The van der Waals surface area contributed by atoms with Gasteiger partial charge in [0.15, 0.2) is 0 Å². The van der Waals surface area contributed by atoms with Crippen LogP contribution in [-0.2, 0) is 4.79 Å².